The molecule has 3 rings (SSSR count). The molecule has 0 aliphatic rings. The zero-order valence-corrected chi connectivity index (χ0v) is 12.0. The molecular weight excluding hydrogens is 282 g/mol. The molecule has 0 amide bonds. The van der Waals surface area contributed by atoms with Crippen LogP contribution >= 0.6 is 0 Å². The van der Waals surface area contributed by atoms with Crippen LogP contribution in [-0.2, 0) is 0 Å². The van der Waals surface area contributed by atoms with Crippen LogP contribution in [0.15, 0.2) is 65.1 Å². The fourth-order valence-corrected chi connectivity index (χ4v) is 2.34. The Hall–Kier alpha value is -2.68. The Morgan fingerprint density at radius 3 is 2.45 bits per heavy atom. The van der Waals surface area contributed by atoms with Crippen molar-refractivity contribution in [2.45, 2.75) is 6.92 Å². The van der Waals surface area contributed by atoms with Gasteiger partial charge in [0.05, 0.1) is 0 Å². The van der Waals surface area contributed by atoms with Crippen LogP contribution in [0, 0.1) is 11.6 Å². The van der Waals surface area contributed by atoms with Crippen LogP contribution in [0.5, 0.6) is 0 Å². The molecule has 0 fully saturated rings. The highest BCUT2D eigenvalue weighted by atomic mass is 19.1. The number of hydrogen-bond acceptors (Lipinski definition) is 1. The Balaban J connectivity index is 2.10. The van der Waals surface area contributed by atoms with E-state index in [4.69, 9.17) is 4.42 Å². The first-order valence-corrected chi connectivity index (χ1v) is 6.97. The maximum absolute atomic E-state index is 14.5. The van der Waals surface area contributed by atoms with Crippen molar-refractivity contribution in [2.24, 2.45) is 0 Å². The summed E-state index contributed by atoms with van der Waals surface area (Å²) in [6.07, 6.45) is 10.8. The Morgan fingerprint density at radius 1 is 0.864 bits per heavy atom. The van der Waals surface area contributed by atoms with Crippen LogP contribution in [-0.4, -0.2) is 0 Å². The fourth-order valence-electron chi connectivity index (χ4n) is 2.34. The van der Waals surface area contributed by atoms with Gasteiger partial charge >= 0.3 is 0 Å². The third-order valence-electron chi connectivity index (χ3n) is 3.39. The molecule has 0 saturated heterocycles. The van der Waals surface area contributed by atoms with Crippen molar-refractivity contribution in [3.8, 4) is 0 Å². The lowest BCUT2D eigenvalue weighted by Crippen LogP contribution is -1.81. The largest absolute Gasteiger partial charge is 0.450 e. The number of rotatable bonds is 3. The molecule has 0 N–H and O–H groups in total. The Morgan fingerprint density at radius 2 is 1.64 bits per heavy atom. The molecule has 2 aromatic carbocycles. The van der Waals surface area contributed by atoms with Crippen molar-refractivity contribution < 1.29 is 13.2 Å². The third-order valence-corrected chi connectivity index (χ3v) is 3.39. The fraction of sp³-hybridized carbons (Fsp3) is 0.0526. The van der Waals surface area contributed by atoms with Crippen molar-refractivity contribution >= 4 is 28.0 Å². The monoisotopic (exact) mass is 296 g/mol. The summed E-state index contributed by atoms with van der Waals surface area (Å²) in [6, 6.07) is 8.02. The molecule has 0 saturated carbocycles. The smallest absolute Gasteiger partial charge is 0.173 e. The predicted molar refractivity (Wildman–Crippen MR) is 86.6 cm³/mol. The molecule has 22 heavy (non-hydrogen) atoms. The van der Waals surface area contributed by atoms with E-state index in [2.05, 4.69) is 0 Å². The molecule has 3 heteroatoms. The Bertz CT molecular complexity index is 914. The van der Waals surface area contributed by atoms with Gasteiger partial charge in [-0.15, -0.1) is 0 Å². The topological polar surface area (TPSA) is 13.1 Å². The zero-order valence-electron chi connectivity index (χ0n) is 12.0. The zero-order chi connectivity index (χ0) is 15.5. The SMILES string of the molecule is C\C=C/C=C\C=C\c1ccc2c(oc3c(F)cccc32)c1F. The Labute approximate surface area is 126 Å². The second-order valence-corrected chi connectivity index (χ2v) is 4.83. The molecule has 0 aliphatic carbocycles. The molecule has 1 aromatic heterocycles. The minimum atomic E-state index is -0.487. The number of furan rings is 1. The van der Waals surface area contributed by atoms with E-state index in [1.807, 2.05) is 31.2 Å². The summed E-state index contributed by atoms with van der Waals surface area (Å²) in [5.74, 6) is -0.969. The predicted octanol–water partition coefficient (Wildman–Crippen LogP) is 6.01. The number of para-hydroxylation sites is 1. The first-order valence-electron chi connectivity index (χ1n) is 6.97. The van der Waals surface area contributed by atoms with Gasteiger partial charge in [-0.1, -0.05) is 54.7 Å². The summed E-state index contributed by atoms with van der Waals surface area (Å²) >= 11 is 0. The molecule has 0 bridgehead atoms. The quantitative estimate of drug-likeness (QED) is 0.539. The van der Waals surface area contributed by atoms with Crippen LogP contribution in [0.2, 0.25) is 0 Å². The van der Waals surface area contributed by atoms with E-state index in [0.717, 1.165) is 0 Å². The maximum atomic E-state index is 14.5. The lowest BCUT2D eigenvalue weighted by molar-refractivity contribution is 0.557. The molecule has 0 spiro atoms. The minimum Gasteiger partial charge on any atom is -0.450 e. The first-order chi connectivity index (χ1) is 10.7. The minimum absolute atomic E-state index is 0.0830. The molecule has 0 unspecified atom stereocenters. The average Bonchev–Trinajstić information content (AvgIpc) is 2.90. The Kier molecular flexibility index (Phi) is 3.88. The van der Waals surface area contributed by atoms with Gasteiger partial charge in [0.2, 0.25) is 0 Å². The molecule has 1 heterocycles. The lowest BCUT2D eigenvalue weighted by Gasteiger charge is -1.97. The highest BCUT2D eigenvalue weighted by Gasteiger charge is 2.15. The van der Waals surface area contributed by atoms with Crippen molar-refractivity contribution in [3.05, 3.63) is 77.9 Å². The van der Waals surface area contributed by atoms with E-state index in [1.165, 1.54) is 6.07 Å². The van der Waals surface area contributed by atoms with Crippen LogP contribution in [0.3, 0.4) is 0 Å². The molecule has 3 aromatic rings. The van der Waals surface area contributed by atoms with E-state index < -0.39 is 11.6 Å². The van der Waals surface area contributed by atoms with E-state index in [-0.39, 0.29) is 11.2 Å². The number of benzene rings is 2. The average molecular weight is 296 g/mol. The molecular formula is C19H14F2O. The van der Waals surface area contributed by atoms with Gasteiger partial charge in [0.1, 0.15) is 0 Å². The van der Waals surface area contributed by atoms with Gasteiger partial charge in [0.25, 0.3) is 0 Å². The molecule has 110 valence electrons. The highest BCUT2D eigenvalue weighted by Crippen LogP contribution is 2.33. The number of fused-ring (bicyclic) bond motifs is 3. The highest BCUT2D eigenvalue weighted by molar-refractivity contribution is 6.05. The van der Waals surface area contributed by atoms with Gasteiger partial charge < -0.3 is 4.42 Å². The van der Waals surface area contributed by atoms with E-state index in [0.29, 0.717) is 16.3 Å². The van der Waals surface area contributed by atoms with Crippen molar-refractivity contribution in [1.29, 1.82) is 0 Å². The van der Waals surface area contributed by atoms with Gasteiger partial charge in [-0.3, -0.25) is 0 Å². The second-order valence-electron chi connectivity index (χ2n) is 4.83. The number of halogens is 2. The van der Waals surface area contributed by atoms with Crippen molar-refractivity contribution in [1.82, 2.24) is 0 Å². The van der Waals surface area contributed by atoms with Crippen LogP contribution in [0.25, 0.3) is 28.0 Å². The maximum Gasteiger partial charge on any atom is 0.173 e. The van der Waals surface area contributed by atoms with E-state index in [9.17, 15) is 8.78 Å². The molecule has 0 aliphatic heterocycles. The van der Waals surface area contributed by atoms with Crippen LogP contribution in [0.1, 0.15) is 12.5 Å². The first kappa shape index (κ1) is 14.3. The van der Waals surface area contributed by atoms with Gasteiger partial charge in [0.15, 0.2) is 22.8 Å². The van der Waals surface area contributed by atoms with E-state index in [1.54, 1.807) is 36.4 Å². The van der Waals surface area contributed by atoms with Gasteiger partial charge in [-0.05, 0) is 19.1 Å². The summed E-state index contributed by atoms with van der Waals surface area (Å²) in [5.41, 5.74) is 0.572. The van der Waals surface area contributed by atoms with Crippen LogP contribution in [0.4, 0.5) is 8.78 Å². The standard InChI is InChI=1S/C19H14F2O/c1-2-3-4-5-6-8-13-11-12-15-14-9-7-10-16(20)18(14)22-19(15)17(13)21/h2-12H,1H3/b3-2-,5-4-,8-6+. The van der Waals surface area contributed by atoms with Crippen LogP contribution < -0.4 is 0 Å². The van der Waals surface area contributed by atoms with Gasteiger partial charge in [-0.25, -0.2) is 8.78 Å². The van der Waals surface area contributed by atoms with Crippen molar-refractivity contribution in [2.75, 3.05) is 0 Å². The molecule has 1 nitrogen and oxygen atoms in total. The van der Waals surface area contributed by atoms with Gasteiger partial charge in [-0.2, -0.15) is 0 Å². The van der Waals surface area contributed by atoms with Gasteiger partial charge in [0, 0.05) is 16.3 Å². The second kappa shape index (κ2) is 5.98. The third kappa shape index (κ3) is 2.46. The number of hydrogen-bond donors (Lipinski definition) is 0. The van der Waals surface area contributed by atoms with Crippen molar-refractivity contribution in [3.63, 3.8) is 0 Å². The normalized spacial score (nSPS) is 12.7. The summed E-state index contributed by atoms with van der Waals surface area (Å²) in [5, 5.41) is 1.16. The summed E-state index contributed by atoms with van der Waals surface area (Å²) < 4.78 is 33.6. The summed E-state index contributed by atoms with van der Waals surface area (Å²) in [7, 11) is 0. The lowest BCUT2D eigenvalue weighted by atomic mass is 10.1. The molecule has 0 atom stereocenters. The summed E-state index contributed by atoms with van der Waals surface area (Å²) in [4.78, 5) is 0. The molecule has 0 radical (unpaired) electrons. The van der Waals surface area contributed by atoms with E-state index >= 15 is 0 Å². The number of allylic oxidation sites excluding steroid dienone is 5. The summed E-state index contributed by atoms with van der Waals surface area (Å²) in [6.45, 7) is 1.92.